The minimum atomic E-state index is -5.16. The molecule has 0 spiro atoms. The summed E-state index contributed by atoms with van der Waals surface area (Å²) < 4.78 is 82.8. The van der Waals surface area contributed by atoms with Crippen LogP contribution in [0.5, 0.6) is 17.2 Å². The molecule has 0 heterocycles. The van der Waals surface area contributed by atoms with Crippen LogP contribution in [-0.4, -0.2) is 30.1 Å². The average Bonchev–Trinajstić information content (AvgIpc) is 2.08. The zero-order valence-corrected chi connectivity index (χ0v) is 9.20. The van der Waals surface area contributed by atoms with E-state index in [1.54, 1.807) is 0 Å². The molecule has 0 aromatic heterocycles. The molecule has 0 aliphatic carbocycles. The summed E-state index contributed by atoms with van der Waals surface area (Å²) in [4.78, 5) is 0. The second kappa shape index (κ2) is 5.67. The van der Waals surface area contributed by atoms with Crippen molar-refractivity contribution in [3.63, 3.8) is 0 Å². The largest absolute Gasteiger partial charge is 0.707 e. The van der Waals surface area contributed by atoms with Gasteiger partial charge in [0.15, 0.2) is 0 Å². The number of hydrogen-bond acceptors (Lipinski definition) is 5. The van der Waals surface area contributed by atoms with Crippen molar-refractivity contribution in [2.24, 2.45) is 0 Å². The van der Waals surface area contributed by atoms with Gasteiger partial charge in [-0.05, 0) is 0 Å². The third-order valence-corrected chi connectivity index (χ3v) is 1.56. The highest BCUT2D eigenvalue weighted by molar-refractivity contribution is 6.33. The molecular formula is C8H5BF6O5. The van der Waals surface area contributed by atoms with E-state index in [4.69, 9.17) is 10.0 Å². The fourth-order valence-corrected chi connectivity index (χ4v) is 1.12. The smallest absolute Gasteiger partial charge is 0.512 e. The predicted molar refractivity (Wildman–Crippen MR) is 50.6 cm³/mol. The van der Waals surface area contributed by atoms with Crippen LogP contribution in [0.25, 0.3) is 0 Å². The van der Waals surface area contributed by atoms with Crippen molar-refractivity contribution in [1.82, 2.24) is 0 Å². The molecule has 0 bridgehead atoms. The van der Waals surface area contributed by atoms with Crippen molar-refractivity contribution in [2.75, 3.05) is 0 Å². The van der Waals surface area contributed by atoms with Gasteiger partial charge in [0.25, 0.3) is 0 Å². The summed E-state index contributed by atoms with van der Waals surface area (Å²) in [7, 11) is -2.45. The lowest BCUT2D eigenvalue weighted by Crippen LogP contribution is -2.22. The number of hydrogen-bond donors (Lipinski definition) is 2. The number of rotatable bonds is 4. The first kappa shape index (κ1) is 16.2. The standard InChI is InChI=1S/C8H5BF6O5/c10-7(11,12)18-4-1-5(19-8(13,14)15)3-6(2-4)20-9(16)17/h1-3,16-17H. The van der Waals surface area contributed by atoms with E-state index >= 15 is 0 Å². The minimum Gasteiger partial charge on any atom is -0.512 e. The Morgan fingerprint density at radius 1 is 0.750 bits per heavy atom. The molecule has 0 aliphatic rings. The molecule has 0 radical (unpaired) electrons. The van der Waals surface area contributed by atoms with Crippen LogP contribution < -0.4 is 14.1 Å². The van der Waals surface area contributed by atoms with Gasteiger partial charge in [0.1, 0.15) is 17.2 Å². The van der Waals surface area contributed by atoms with Crippen LogP contribution in [-0.2, 0) is 0 Å². The lowest BCUT2D eigenvalue weighted by molar-refractivity contribution is -0.276. The molecular weight excluding hydrogens is 301 g/mol. The lowest BCUT2D eigenvalue weighted by Gasteiger charge is -2.14. The molecule has 1 aromatic rings. The first-order valence-corrected chi connectivity index (χ1v) is 4.64. The molecule has 112 valence electrons. The van der Waals surface area contributed by atoms with E-state index in [1.807, 2.05) is 0 Å². The molecule has 0 amide bonds. The molecule has 0 saturated heterocycles. The van der Waals surface area contributed by atoms with Gasteiger partial charge in [-0.2, -0.15) is 0 Å². The summed E-state index contributed by atoms with van der Waals surface area (Å²) in [5, 5.41) is 16.9. The second-order valence-electron chi connectivity index (χ2n) is 3.18. The van der Waals surface area contributed by atoms with Crippen LogP contribution in [0.15, 0.2) is 18.2 Å². The number of alkyl halides is 6. The quantitative estimate of drug-likeness (QED) is 0.656. The Balaban J connectivity index is 3.07. The fraction of sp³-hybridized carbons (Fsp3) is 0.250. The molecule has 1 rings (SSSR count). The van der Waals surface area contributed by atoms with Gasteiger partial charge < -0.3 is 24.2 Å². The van der Waals surface area contributed by atoms with E-state index in [1.165, 1.54) is 0 Å². The van der Waals surface area contributed by atoms with Crippen LogP contribution in [0.4, 0.5) is 26.3 Å². The first-order chi connectivity index (χ1) is 8.94. The summed E-state index contributed by atoms with van der Waals surface area (Å²) in [6.45, 7) is 0. The molecule has 20 heavy (non-hydrogen) atoms. The van der Waals surface area contributed by atoms with Gasteiger partial charge in [0.2, 0.25) is 0 Å². The summed E-state index contributed by atoms with van der Waals surface area (Å²) >= 11 is 0. The van der Waals surface area contributed by atoms with Crippen molar-refractivity contribution in [3.05, 3.63) is 18.2 Å². The van der Waals surface area contributed by atoms with Crippen LogP contribution >= 0.6 is 0 Å². The van der Waals surface area contributed by atoms with E-state index in [2.05, 4.69) is 14.1 Å². The highest BCUT2D eigenvalue weighted by Gasteiger charge is 2.34. The fourth-order valence-electron chi connectivity index (χ4n) is 1.12. The lowest BCUT2D eigenvalue weighted by atomic mass is 10.2. The van der Waals surface area contributed by atoms with Crippen LogP contribution in [0.1, 0.15) is 0 Å². The zero-order valence-electron chi connectivity index (χ0n) is 9.20. The van der Waals surface area contributed by atoms with Crippen molar-refractivity contribution in [1.29, 1.82) is 0 Å². The average molecular weight is 306 g/mol. The molecule has 0 saturated carbocycles. The molecule has 0 aliphatic heterocycles. The van der Waals surface area contributed by atoms with E-state index < -0.39 is 37.3 Å². The van der Waals surface area contributed by atoms with E-state index in [9.17, 15) is 26.3 Å². The Morgan fingerprint density at radius 2 is 1.10 bits per heavy atom. The van der Waals surface area contributed by atoms with Crippen molar-refractivity contribution in [2.45, 2.75) is 12.7 Å². The Morgan fingerprint density at radius 3 is 1.40 bits per heavy atom. The molecule has 12 heteroatoms. The van der Waals surface area contributed by atoms with Crippen LogP contribution in [0.2, 0.25) is 0 Å². The van der Waals surface area contributed by atoms with Gasteiger partial charge in [-0.1, -0.05) is 0 Å². The minimum absolute atomic E-state index is 0.303. The number of ether oxygens (including phenoxy) is 2. The predicted octanol–water partition coefficient (Wildman–Crippen LogP) is 1.83. The van der Waals surface area contributed by atoms with Gasteiger partial charge in [-0.3, -0.25) is 0 Å². The molecule has 5 nitrogen and oxygen atoms in total. The Bertz CT molecular complexity index is 425. The van der Waals surface area contributed by atoms with Crippen LogP contribution in [0, 0.1) is 0 Å². The highest BCUT2D eigenvalue weighted by Crippen LogP contribution is 2.34. The topological polar surface area (TPSA) is 68.2 Å². The highest BCUT2D eigenvalue weighted by atomic mass is 19.4. The van der Waals surface area contributed by atoms with Crippen molar-refractivity contribution >= 4 is 7.32 Å². The van der Waals surface area contributed by atoms with Gasteiger partial charge >= 0.3 is 20.0 Å². The summed E-state index contributed by atoms with van der Waals surface area (Å²) in [5.41, 5.74) is 0. The zero-order chi connectivity index (χ0) is 15.6. The third-order valence-electron chi connectivity index (χ3n) is 1.56. The monoisotopic (exact) mass is 306 g/mol. The molecule has 2 N–H and O–H groups in total. The SMILES string of the molecule is OB(O)Oc1cc(OC(F)(F)F)cc(OC(F)(F)F)c1. The van der Waals surface area contributed by atoms with E-state index in [0.29, 0.717) is 18.2 Å². The van der Waals surface area contributed by atoms with Crippen molar-refractivity contribution < 1.29 is 50.5 Å². The third kappa shape index (κ3) is 6.38. The van der Waals surface area contributed by atoms with E-state index in [-0.39, 0.29) is 0 Å². The van der Waals surface area contributed by atoms with E-state index in [0.717, 1.165) is 0 Å². The Labute approximate surface area is 107 Å². The Hall–Kier alpha value is -1.82. The molecule has 0 unspecified atom stereocenters. The van der Waals surface area contributed by atoms with Gasteiger partial charge in [-0.15, -0.1) is 26.3 Å². The maximum atomic E-state index is 12.0. The first-order valence-electron chi connectivity index (χ1n) is 4.64. The van der Waals surface area contributed by atoms with Gasteiger partial charge in [0.05, 0.1) is 0 Å². The molecule has 0 fully saturated rings. The summed E-state index contributed by atoms with van der Waals surface area (Å²) in [5.74, 6) is -2.91. The number of benzene rings is 1. The maximum Gasteiger partial charge on any atom is 0.707 e. The van der Waals surface area contributed by atoms with Crippen molar-refractivity contribution in [3.8, 4) is 17.2 Å². The molecule has 0 atom stereocenters. The van der Waals surface area contributed by atoms with Gasteiger partial charge in [-0.25, -0.2) is 0 Å². The maximum absolute atomic E-state index is 12.0. The van der Waals surface area contributed by atoms with Gasteiger partial charge in [0, 0.05) is 18.2 Å². The second-order valence-corrected chi connectivity index (χ2v) is 3.18. The normalized spacial score (nSPS) is 12.0. The summed E-state index contributed by atoms with van der Waals surface area (Å²) in [6.07, 6.45) is -10.3. The number of halogens is 6. The van der Waals surface area contributed by atoms with Crippen LogP contribution in [0.3, 0.4) is 0 Å². The Kier molecular flexibility index (Phi) is 4.60. The summed E-state index contributed by atoms with van der Waals surface area (Å²) in [6, 6.07) is 1.30. The molecule has 1 aromatic carbocycles.